The van der Waals surface area contributed by atoms with Crippen molar-refractivity contribution in [1.29, 1.82) is 5.26 Å². The average Bonchev–Trinajstić information content (AvgIpc) is 4.22. The van der Waals surface area contributed by atoms with Crippen molar-refractivity contribution in [2.24, 2.45) is 0 Å². The van der Waals surface area contributed by atoms with E-state index in [1.165, 1.54) is 50.2 Å². The number of nitriles is 1. The molecule has 6 heteroatoms. The average molecular weight is 1010 g/mol. The van der Waals surface area contributed by atoms with Crippen molar-refractivity contribution in [2.45, 2.75) is 52.4 Å². The third-order valence-electron chi connectivity index (χ3n) is 14.9. The van der Waals surface area contributed by atoms with Crippen LogP contribution in [0.25, 0.3) is 83.1 Å². The monoisotopic (exact) mass is 1010 g/mol. The van der Waals surface area contributed by atoms with Crippen molar-refractivity contribution in [1.82, 2.24) is 13.3 Å². The predicted molar refractivity (Wildman–Crippen MR) is 325 cm³/mol. The molecule has 5 nitrogen and oxygen atoms in total. The first-order valence-electron chi connectivity index (χ1n) is 26.3. The summed E-state index contributed by atoms with van der Waals surface area (Å²) >= 11 is 1.24. The molecule has 0 atom stereocenters. The SMILES string of the molecule is CC(C)(C)c1ccc2c(c1)c1cc(C(C)(C)C)ccc1n2-c1ccc(-c2ccc(N(c3ccc(-c4ccccc4)cc3)c3ccc(-c4ccc(C(C#N)=C(c5ccccc5)c5ccccc5)cc4)cc3)c3nsnc23)cc1. The van der Waals surface area contributed by atoms with Gasteiger partial charge in [-0.05, 0) is 139 Å². The number of benzene rings is 10. The highest BCUT2D eigenvalue weighted by Gasteiger charge is 2.24. The van der Waals surface area contributed by atoms with Gasteiger partial charge in [-0.15, -0.1) is 0 Å². The Morgan fingerprint density at radius 1 is 0.442 bits per heavy atom. The Morgan fingerprint density at radius 2 is 0.883 bits per heavy atom. The fourth-order valence-corrected chi connectivity index (χ4v) is 11.3. The van der Waals surface area contributed by atoms with Crippen LogP contribution in [0.15, 0.2) is 237 Å². The Bertz CT molecular complexity index is 4060. The number of rotatable bonds is 10. The summed E-state index contributed by atoms with van der Waals surface area (Å²) in [6, 6.07) is 86.5. The summed E-state index contributed by atoms with van der Waals surface area (Å²) in [5, 5.41) is 13.2. The molecule has 0 spiro atoms. The van der Waals surface area contributed by atoms with E-state index in [1.54, 1.807) is 0 Å². The standard InChI is InChI=1S/C71H57N5S/c1-70(2,3)55-32-41-64-61(44-55)62-45-56(71(4,5)6)33-42-65(62)76(64)59-38-30-51(31-39-59)60-40-43-66(69-68(60)73-77-74-69)75(57-34-26-49(27-35-57)47-16-10-7-11-17-47)58-36-28-50(29-37-58)48-22-24-52(25-23-48)63(46-72)67(53-18-12-8-13-19-53)54-20-14-9-15-21-54/h7-45H,1-6H3. The van der Waals surface area contributed by atoms with Gasteiger partial charge < -0.3 is 9.47 Å². The van der Waals surface area contributed by atoms with Crippen LogP contribution in [0, 0.1) is 11.3 Å². The van der Waals surface area contributed by atoms with Gasteiger partial charge in [0.15, 0.2) is 0 Å². The largest absolute Gasteiger partial charge is 0.309 e. The molecule has 2 heterocycles. The number of allylic oxidation sites excluding steroid dienone is 1. The normalized spacial score (nSPS) is 11.8. The highest BCUT2D eigenvalue weighted by molar-refractivity contribution is 7.00. The van der Waals surface area contributed by atoms with Crippen molar-refractivity contribution in [2.75, 3.05) is 4.90 Å². The Morgan fingerprint density at radius 3 is 1.36 bits per heavy atom. The van der Waals surface area contributed by atoms with Gasteiger partial charge in [-0.1, -0.05) is 205 Å². The zero-order chi connectivity index (χ0) is 52.8. The third kappa shape index (κ3) is 9.30. The van der Waals surface area contributed by atoms with E-state index >= 15 is 0 Å². The second kappa shape index (κ2) is 19.8. The number of aromatic nitrogens is 3. The number of nitrogens with zero attached hydrogens (tertiary/aromatic N) is 5. The van der Waals surface area contributed by atoms with Gasteiger partial charge in [0.1, 0.15) is 17.1 Å². The molecule has 12 rings (SSSR count). The van der Waals surface area contributed by atoms with Crippen molar-refractivity contribution in [3.8, 4) is 45.1 Å². The lowest BCUT2D eigenvalue weighted by Crippen LogP contribution is -2.10. The molecule has 0 amide bonds. The minimum absolute atomic E-state index is 0.0292. The van der Waals surface area contributed by atoms with Crippen LogP contribution in [0.4, 0.5) is 17.1 Å². The van der Waals surface area contributed by atoms with Gasteiger partial charge in [-0.3, -0.25) is 0 Å². The second-order valence-electron chi connectivity index (χ2n) is 21.9. The highest BCUT2D eigenvalue weighted by Crippen LogP contribution is 2.44. The molecule has 0 aliphatic carbocycles. The number of anilines is 3. The van der Waals surface area contributed by atoms with Crippen LogP contribution in [0.3, 0.4) is 0 Å². The van der Waals surface area contributed by atoms with E-state index in [4.69, 9.17) is 8.75 Å². The van der Waals surface area contributed by atoms with Crippen molar-refractivity contribution < 1.29 is 0 Å². The van der Waals surface area contributed by atoms with Crippen LogP contribution >= 0.6 is 11.7 Å². The lowest BCUT2D eigenvalue weighted by Gasteiger charge is -2.26. The quantitative estimate of drug-likeness (QED) is 0.101. The highest BCUT2D eigenvalue weighted by atomic mass is 32.1. The van der Waals surface area contributed by atoms with E-state index in [0.717, 1.165) is 83.9 Å². The molecule has 10 aromatic carbocycles. The first kappa shape index (κ1) is 48.8. The predicted octanol–water partition coefficient (Wildman–Crippen LogP) is 19.3. The van der Waals surface area contributed by atoms with Gasteiger partial charge in [0.05, 0.1) is 34.0 Å². The van der Waals surface area contributed by atoms with Crippen LogP contribution in [0.1, 0.15) is 69.4 Å². The van der Waals surface area contributed by atoms with E-state index in [2.05, 4.69) is 251 Å². The lowest BCUT2D eigenvalue weighted by atomic mass is 9.85. The van der Waals surface area contributed by atoms with Crippen LogP contribution in [0.5, 0.6) is 0 Å². The summed E-state index contributed by atoms with van der Waals surface area (Å²) in [5.74, 6) is 0. The molecule has 0 bridgehead atoms. The first-order valence-corrected chi connectivity index (χ1v) is 27.0. The molecule has 0 aliphatic rings. The zero-order valence-electron chi connectivity index (χ0n) is 44.2. The van der Waals surface area contributed by atoms with E-state index in [9.17, 15) is 5.26 Å². The third-order valence-corrected chi connectivity index (χ3v) is 15.4. The smallest absolute Gasteiger partial charge is 0.129 e. The molecule has 372 valence electrons. The summed E-state index contributed by atoms with van der Waals surface area (Å²) in [7, 11) is 0. The fourth-order valence-electron chi connectivity index (χ4n) is 10.7. The minimum atomic E-state index is 0.0292. The molecule has 2 aromatic heterocycles. The summed E-state index contributed by atoms with van der Waals surface area (Å²) in [6.07, 6.45) is 0. The topological polar surface area (TPSA) is 57.7 Å². The number of hydrogen-bond acceptors (Lipinski definition) is 5. The molecule has 0 fully saturated rings. The van der Waals surface area contributed by atoms with E-state index in [1.807, 2.05) is 42.5 Å². The maximum atomic E-state index is 10.7. The molecule has 77 heavy (non-hydrogen) atoms. The molecule has 0 N–H and O–H groups in total. The van der Waals surface area contributed by atoms with Gasteiger partial charge in [0, 0.05) is 39.0 Å². The number of hydrogen-bond donors (Lipinski definition) is 0. The van der Waals surface area contributed by atoms with Crippen molar-refractivity contribution >= 4 is 72.8 Å². The Balaban J connectivity index is 0.905. The molecule has 0 radical (unpaired) electrons. The summed E-state index contributed by atoms with van der Waals surface area (Å²) in [5.41, 5.74) is 21.8. The van der Waals surface area contributed by atoms with Gasteiger partial charge in [0.2, 0.25) is 0 Å². The second-order valence-corrected chi connectivity index (χ2v) is 22.4. The van der Waals surface area contributed by atoms with E-state index < -0.39 is 0 Å². The van der Waals surface area contributed by atoms with Gasteiger partial charge in [-0.25, -0.2) is 0 Å². The summed E-state index contributed by atoms with van der Waals surface area (Å²) < 4.78 is 12.4. The summed E-state index contributed by atoms with van der Waals surface area (Å²) in [6.45, 7) is 13.7. The Kier molecular flexibility index (Phi) is 12.6. The van der Waals surface area contributed by atoms with Crippen LogP contribution in [-0.2, 0) is 10.8 Å². The maximum Gasteiger partial charge on any atom is 0.129 e. The van der Waals surface area contributed by atoms with E-state index in [-0.39, 0.29) is 10.8 Å². The van der Waals surface area contributed by atoms with Crippen LogP contribution in [-0.4, -0.2) is 13.3 Å². The van der Waals surface area contributed by atoms with Crippen molar-refractivity contribution in [3.63, 3.8) is 0 Å². The molecule has 0 unspecified atom stereocenters. The minimum Gasteiger partial charge on any atom is -0.309 e. The maximum absolute atomic E-state index is 10.7. The molecule has 0 saturated carbocycles. The van der Waals surface area contributed by atoms with Gasteiger partial charge in [-0.2, -0.15) is 14.0 Å². The molecular weight excluding hydrogens is 955 g/mol. The Labute approximate surface area is 455 Å². The molecular formula is C71H57N5S. The van der Waals surface area contributed by atoms with Crippen molar-refractivity contribution in [3.05, 3.63) is 264 Å². The molecule has 0 saturated heterocycles. The van der Waals surface area contributed by atoms with Gasteiger partial charge >= 0.3 is 0 Å². The van der Waals surface area contributed by atoms with E-state index in [0.29, 0.717) is 5.57 Å². The van der Waals surface area contributed by atoms with Crippen LogP contribution < -0.4 is 4.90 Å². The molecule has 0 aliphatic heterocycles. The Hall–Kier alpha value is -9.15. The first-order chi connectivity index (χ1) is 37.4. The van der Waals surface area contributed by atoms with Gasteiger partial charge in [0.25, 0.3) is 0 Å². The number of fused-ring (bicyclic) bond motifs is 4. The fraction of sp³-hybridized carbons (Fsp3) is 0.113. The van der Waals surface area contributed by atoms with Crippen LogP contribution in [0.2, 0.25) is 0 Å². The molecule has 12 aromatic rings. The summed E-state index contributed by atoms with van der Waals surface area (Å²) in [4.78, 5) is 2.29. The zero-order valence-corrected chi connectivity index (χ0v) is 45.0. The lowest BCUT2D eigenvalue weighted by molar-refractivity contribution is 0.590.